The molecule has 0 saturated heterocycles. The first-order valence-electron chi connectivity index (χ1n) is 12.2. The minimum absolute atomic E-state index is 0.0251. The van der Waals surface area contributed by atoms with Crippen molar-refractivity contribution in [3.05, 3.63) is 35.4 Å². The highest BCUT2D eigenvalue weighted by Crippen LogP contribution is 2.43. The Kier molecular flexibility index (Phi) is 10.7. The largest absolute Gasteiger partial charge is 0.481 e. The molecule has 3 atom stereocenters. The van der Waals surface area contributed by atoms with E-state index >= 15 is 0 Å². The fourth-order valence-corrected chi connectivity index (χ4v) is 4.26. The molecule has 0 aromatic heterocycles. The van der Waals surface area contributed by atoms with Gasteiger partial charge in [-0.15, -0.1) is 0 Å². The quantitative estimate of drug-likeness (QED) is 0.223. The number of carbonyl (C=O) groups excluding carboxylic acids is 3. The molecule has 0 saturated carbocycles. The van der Waals surface area contributed by atoms with E-state index in [0.717, 1.165) is 5.56 Å². The number of rotatable bonds is 13. The fraction of sp³-hybridized carbons (Fsp3) is 0.643. The molecule has 0 amide bonds. The Labute approximate surface area is 209 Å². The molecule has 0 spiro atoms. The molecule has 1 N–H and O–H groups in total. The molecule has 0 aliphatic heterocycles. The predicted octanol–water partition coefficient (Wildman–Crippen LogP) is 5.44. The van der Waals surface area contributed by atoms with Crippen molar-refractivity contribution in [2.24, 2.45) is 10.8 Å². The zero-order valence-electron chi connectivity index (χ0n) is 22.5. The number of ketones is 1. The van der Waals surface area contributed by atoms with Gasteiger partial charge in [-0.2, -0.15) is 0 Å². The van der Waals surface area contributed by atoms with Gasteiger partial charge < -0.3 is 14.6 Å². The van der Waals surface area contributed by atoms with Crippen molar-refractivity contribution in [1.82, 2.24) is 0 Å². The summed E-state index contributed by atoms with van der Waals surface area (Å²) in [6, 6.07) is 8.27. The summed E-state index contributed by atoms with van der Waals surface area (Å²) in [4.78, 5) is 47.7. The molecule has 0 aliphatic rings. The second-order valence-corrected chi connectivity index (χ2v) is 11.2. The van der Waals surface area contributed by atoms with Crippen molar-refractivity contribution >= 4 is 23.7 Å². The highest BCUT2D eigenvalue weighted by atomic mass is 16.6. The third-order valence-corrected chi connectivity index (χ3v) is 6.65. The first-order chi connectivity index (χ1) is 16.0. The summed E-state index contributed by atoms with van der Waals surface area (Å²) in [6.07, 6.45) is 0.546. The van der Waals surface area contributed by atoms with Crippen LogP contribution in [-0.4, -0.2) is 42.0 Å². The van der Waals surface area contributed by atoms with E-state index in [4.69, 9.17) is 9.47 Å². The minimum Gasteiger partial charge on any atom is -0.481 e. The van der Waals surface area contributed by atoms with Gasteiger partial charge in [0.2, 0.25) is 0 Å². The van der Waals surface area contributed by atoms with Gasteiger partial charge in [0.1, 0.15) is 25.4 Å². The van der Waals surface area contributed by atoms with Gasteiger partial charge in [-0.05, 0) is 62.5 Å². The molecular weight excluding hydrogens is 448 g/mol. The van der Waals surface area contributed by atoms with Crippen molar-refractivity contribution in [2.75, 3.05) is 13.2 Å². The summed E-state index contributed by atoms with van der Waals surface area (Å²) in [5.41, 5.74) is 0.125. The Morgan fingerprint density at radius 3 is 1.91 bits per heavy atom. The van der Waals surface area contributed by atoms with Crippen LogP contribution in [0.4, 0.5) is 0 Å². The molecule has 1 rings (SSSR count). The van der Waals surface area contributed by atoms with Crippen LogP contribution in [0.5, 0.6) is 0 Å². The number of carboxylic acids is 1. The Morgan fingerprint density at radius 1 is 0.914 bits per heavy atom. The minimum atomic E-state index is -1.15. The lowest BCUT2D eigenvalue weighted by Gasteiger charge is -2.36. The third kappa shape index (κ3) is 9.11. The van der Waals surface area contributed by atoms with Crippen LogP contribution in [0.15, 0.2) is 24.3 Å². The summed E-state index contributed by atoms with van der Waals surface area (Å²) in [6.45, 7) is 14.6. The maximum Gasteiger partial charge on any atom is 0.313 e. The number of carbonyl (C=O) groups is 4. The van der Waals surface area contributed by atoms with Crippen molar-refractivity contribution < 1.29 is 33.8 Å². The molecule has 0 fully saturated rings. The van der Waals surface area contributed by atoms with E-state index in [2.05, 4.69) is 32.9 Å². The van der Waals surface area contributed by atoms with E-state index < -0.39 is 28.7 Å². The number of benzene rings is 1. The molecule has 196 valence electrons. The number of hydrogen-bond donors (Lipinski definition) is 1. The van der Waals surface area contributed by atoms with E-state index in [1.54, 1.807) is 13.8 Å². The molecule has 0 aliphatic carbocycles. The Morgan fingerprint density at radius 2 is 1.46 bits per heavy atom. The van der Waals surface area contributed by atoms with Crippen LogP contribution in [0.3, 0.4) is 0 Å². The average molecular weight is 491 g/mol. The number of ether oxygens (including phenoxy) is 2. The van der Waals surface area contributed by atoms with Gasteiger partial charge in [0.05, 0.1) is 10.8 Å². The van der Waals surface area contributed by atoms with Crippen LogP contribution in [0.25, 0.3) is 0 Å². The number of carboxylic acid groups (broad SMARTS) is 1. The van der Waals surface area contributed by atoms with Crippen molar-refractivity contribution in [3.63, 3.8) is 0 Å². The van der Waals surface area contributed by atoms with E-state index in [1.807, 2.05) is 26.0 Å². The maximum absolute atomic E-state index is 12.9. The average Bonchev–Trinajstić information content (AvgIpc) is 2.75. The van der Waals surface area contributed by atoms with Gasteiger partial charge in [0, 0.05) is 0 Å². The molecule has 0 bridgehead atoms. The van der Waals surface area contributed by atoms with E-state index in [-0.39, 0.29) is 43.2 Å². The standard InChI is InChI=1S/C28H42O7/c1-9-27(7,25(33)35-15-14-34-23(30)16-20(3)29)18-28(8,24(31)32)17-19(2)21-10-12-22(13-11-21)26(4,5)6/h10-13,19H,9,14-18H2,1-8H3,(H,31,32). The molecule has 1 aromatic carbocycles. The topological polar surface area (TPSA) is 107 Å². The number of Topliss-reactive ketones (excluding diaryl/α,β-unsaturated/α-hetero) is 1. The monoisotopic (exact) mass is 490 g/mol. The van der Waals surface area contributed by atoms with Crippen LogP contribution in [0.2, 0.25) is 0 Å². The lowest BCUT2D eigenvalue weighted by Crippen LogP contribution is -2.40. The summed E-state index contributed by atoms with van der Waals surface area (Å²) in [7, 11) is 0. The molecule has 7 nitrogen and oxygen atoms in total. The fourth-order valence-electron chi connectivity index (χ4n) is 4.26. The van der Waals surface area contributed by atoms with Gasteiger partial charge in [-0.1, -0.05) is 58.9 Å². The Hall–Kier alpha value is -2.70. The molecule has 1 aromatic rings. The highest BCUT2D eigenvalue weighted by molar-refractivity contribution is 5.94. The molecule has 0 radical (unpaired) electrons. The summed E-state index contributed by atoms with van der Waals surface area (Å²) < 4.78 is 10.2. The first-order valence-corrected chi connectivity index (χ1v) is 12.2. The van der Waals surface area contributed by atoms with Crippen LogP contribution < -0.4 is 0 Å². The summed E-state index contributed by atoms with van der Waals surface area (Å²) in [5, 5.41) is 10.1. The zero-order valence-corrected chi connectivity index (χ0v) is 22.5. The molecule has 3 unspecified atom stereocenters. The van der Waals surface area contributed by atoms with E-state index in [1.165, 1.54) is 12.5 Å². The third-order valence-electron chi connectivity index (χ3n) is 6.65. The van der Waals surface area contributed by atoms with Gasteiger partial charge in [-0.3, -0.25) is 19.2 Å². The molecule has 7 heteroatoms. The van der Waals surface area contributed by atoms with Crippen molar-refractivity contribution in [2.45, 2.75) is 92.4 Å². The van der Waals surface area contributed by atoms with Crippen molar-refractivity contribution in [3.8, 4) is 0 Å². The lowest BCUT2D eigenvalue weighted by molar-refractivity contribution is -0.165. The predicted molar refractivity (Wildman–Crippen MR) is 134 cm³/mol. The van der Waals surface area contributed by atoms with Gasteiger partial charge in [0.25, 0.3) is 0 Å². The normalized spacial score (nSPS) is 15.9. The Bertz CT molecular complexity index is 897. The number of hydrogen-bond acceptors (Lipinski definition) is 6. The number of esters is 2. The Balaban J connectivity index is 2.88. The van der Waals surface area contributed by atoms with Gasteiger partial charge >= 0.3 is 17.9 Å². The van der Waals surface area contributed by atoms with E-state index in [9.17, 15) is 24.3 Å². The summed E-state index contributed by atoms with van der Waals surface area (Å²) >= 11 is 0. The lowest BCUT2D eigenvalue weighted by atomic mass is 9.67. The van der Waals surface area contributed by atoms with E-state index in [0.29, 0.717) is 12.8 Å². The summed E-state index contributed by atoms with van der Waals surface area (Å²) in [5.74, 6) is -2.49. The highest BCUT2D eigenvalue weighted by Gasteiger charge is 2.45. The smallest absolute Gasteiger partial charge is 0.313 e. The van der Waals surface area contributed by atoms with Crippen LogP contribution in [0, 0.1) is 10.8 Å². The van der Waals surface area contributed by atoms with Crippen molar-refractivity contribution in [1.29, 1.82) is 0 Å². The first kappa shape index (κ1) is 30.3. The zero-order chi connectivity index (χ0) is 27.0. The van der Waals surface area contributed by atoms with Crippen LogP contribution >= 0.6 is 0 Å². The second-order valence-electron chi connectivity index (χ2n) is 11.2. The van der Waals surface area contributed by atoms with Crippen LogP contribution in [-0.2, 0) is 34.1 Å². The second kappa shape index (κ2) is 12.3. The number of aliphatic carboxylic acids is 1. The maximum atomic E-state index is 12.9. The van der Waals surface area contributed by atoms with Gasteiger partial charge in [0.15, 0.2) is 0 Å². The van der Waals surface area contributed by atoms with Crippen LogP contribution in [0.1, 0.15) is 98.1 Å². The van der Waals surface area contributed by atoms with Gasteiger partial charge in [-0.25, -0.2) is 0 Å². The molecule has 35 heavy (non-hydrogen) atoms. The SMILES string of the molecule is CCC(C)(CC(C)(CC(C)c1ccc(C(C)(C)C)cc1)C(=O)O)C(=O)OCCOC(=O)CC(C)=O. The molecular formula is C28H42O7. The molecule has 0 heterocycles.